The van der Waals surface area contributed by atoms with E-state index < -0.39 is 21.9 Å². The summed E-state index contributed by atoms with van der Waals surface area (Å²) < 4.78 is 45.4. The molecule has 0 unspecified atom stereocenters. The minimum Gasteiger partial charge on any atom is -0.497 e. The van der Waals surface area contributed by atoms with Gasteiger partial charge in [-0.3, -0.25) is 9.97 Å². The maximum Gasteiger partial charge on any atom is 0.247 e. The van der Waals surface area contributed by atoms with Crippen molar-refractivity contribution in [3.8, 4) is 5.75 Å². The molecule has 28 heavy (non-hydrogen) atoms. The highest BCUT2D eigenvalue weighted by Gasteiger charge is 2.36. The van der Waals surface area contributed by atoms with E-state index >= 15 is 0 Å². The van der Waals surface area contributed by atoms with E-state index in [0.29, 0.717) is 28.1 Å². The zero-order valence-electron chi connectivity index (χ0n) is 15.2. The number of rotatable bonds is 4. The van der Waals surface area contributed by atoms with Crippen LogP contribution >= 0.6 is 0 Å². The van der Waals surface area contributed by atoms with Gasteiger partial charge in [0.25, 0.3) is 0 Å². The van der Waals surface area contributed by atoms with Gasteiger partial charge in [-0.25, -0.2) is 12.8 Å². The van der Waals surface area contributed by atoms with Gasteiger partial charge in [0, 0.05) is 36.0 Å². The molecule has 9 heteroatoms. The van der Waals surface area contributed by atoms with Gasteiger partial charge >= 0.3 is 0 Å². The van der Waals surface area contributed by atoms with Gasteiger partial charge in [0.2, 0.25) is 10.0 Å². The van der Waals surface area contributed by atoms with Crippen molar-refractivity contribution in [3.63, 3.8) is 0 Å². The topological polar surface area (TPSA) is 84.8 Å². The van der Waals surface area contributed by atoms with Gasteiger partial charge in [0.05, 0.1) is 36.2 Å². The largest absolute Gasteiger partial charge is 0.497 e. The predicted molar refractivity (Wildman–Crippen MR) is 103 cm³/mol. The van der Waals surface area contributed by atoms with Gasteiger partial charge in [0.15, 0.2) is 0 Å². The molecule has 0 saturated carbocycles. The van der Waals surface area contributed by atoms with Crippen LogP contribution < -0.4 is 4.74 Å². The van der Waals surface area contributed by atoms with Crippen LogP contribution in [0.25, 0.3) is 11.0 Å². The van der Waals surface area contributed by atoms with E-state index in [9.17, 15) is 12.8 Å². The molecule has 1 aromatic heterocycles. The zero-order chi connectivity index (χ0) is 19.9. The van der Waals surface area contributed by atoms with Crippen LogP contribution in [0, 0.1) is 5.82 Å². The number of methoxy groups -OCH3 is 1. The van der Waals surface area contributed by atoms with Gasteiger partial charge < -0.3 is 4.74 Å². The SMILES string of the molecule is COc1ccc(C2=NN(S(C)(=O)=O)[C@@H](c3cccc4nccnc34)C2)c(F)c1. The molecule has 0 fully saturated rings. The minimum absolute atomic E-state index is 0.214. The molecule has 1 aliphatic rings. The third-order valence-electron chi connectivity index (χ3n) is 4.59. The molecule has 0 amide bonds. The summed E-state index contributed by atoms with van der Waals surface area (Å²) in [7, 11) is -2.24. The van der Waals surface area contributed by atoms with Gasteiger partial charge in [-0.1, -0.05) is 12.1 Å². The molecular weight excluding hydrogens is 383 g/mol. The Labute approximate surface area is 161 Å². The molecule has 7 nitrogen and oxygen atoms in total. The summed E-state index contributed by atoms with van der Waals surface area (Å²) >= 11 is 0. The van der Waals surface area contributed by atoms with E-state index in [1.165, 1.54) is 13.2 Å². The summed E-state index contributed by atoms with van der Waals surface area (Å²) in [5, 5.41) is 4.24. The van der Waals surface area contributed by atoms with Crippen LogP contribution in [0.2, 0.25) is 0 Å². The van der Waals surface area contributed by atoms with Crippen LogP contribution in [0.4, 0.5) is 4.39 Å². The third-order valence-corrected chi connectivity index (χ3v) is 5.60. The first-order valence-corrected chi connectivity index (χ1v) is 10.3. The quantitative estimate of drug-likeness (QED) is 0.672. The molecule has 0 radical (unpaired) electrons. The van der Waals surface area contributed by atoms with Crippen molar-refractivity contribution in [1.82, 2.24) is 14.4 Å². The van der Waals surface area contributed by atoms with Crippen molar-refractivity contribution in [3.05, 3.63) is 65.7 Å². The van der Waals surface area contributed by atoms with Gasteiger partial charge in [0.1, 0.15) is 11.6 Å². The Hall–Kier alpha value is -3.07. The monoisotopic (exact) mass is 400 g/mol. The maximum atomic E-state index is 14.5. The fraction of sp³-hybridized carbons (Fsp3) is 0.211. The zero-order valence-corrected chi connectivity index (χ0v) is 16.0. The highest BCUT2D eigenvalue weighted by molar-refractivity contribution is 7.88. The second kappa shape index (κ2) is 6.83. The molecule has 2 heterocycles. The number of nitrogens with zero attached hydrogens (tertiary/aromatic N) is 4. The molecule has 1 aliphatic heterocycles. The van der Waals surface area contributed by atoms with E-state index in [1.807, 2.05) is 0 Å². The second-order valence-corrected chi connectivity index (χ2v) is 8.26. The smallest absolute Gasteiger partial charge is 0.247 e. The van der Waals surface area contributed by atoms with Crippen LogP contribution in [0.15, 0.2) is 53.9 Å². The molecule has 0 saturated heterocycles. The predicted octanol–water partition coefficient (Wildman–Crippen LogP) is 2.89. The highest BCUT2D eigenvalue weighted by Crippen LogP contribution is 2.37. The lowest BCUT2D eigenvalue weighted by molar-refractivity contribution is 0.376. The Morgan fingerprint density at radius 1 is 1.18 bits per heavy atom. The van der Waals surface area contributed by atoms with Crippen molar-refractivity contribution in [2.75, 3.05) is 13.4 Å². The number of fused-ring (bicyclic) bond motifs is 1. The first-order chi connectivity index (χ1) is 13.4. The number of para-hydroxylation sites is 1. The van der Waals surface area contributed by atoms with Crippen molar-refractivity contribution in [1.29, 1.82) is 0 Å². The Kier molecular flexibility index (Phi) is 4.46. The average molecular weight is 400 g/mol. The lowest BCUT2D eigenvalue weighted by Gasteiger charge is -2.22. The summed E-state index contributed by atoms with van der Waals surface area (Å²) in [6, 6.07) is 9.16. The number of halogens is 1. The van der Waals surface area contributed by atoms with Crippen LogP contribution in [0.5, 0.6) is 5.75 Å². The van der Waals surface area contributed by atoms with E-state index in [1.54, 1.807) is 42.7 Å². The summed E-state index contributed by atoms with van der Waals surface area (Å²) in [5.41, 5.74) is 2.50. The normalized spacial score (nSPS) is 17.0. The molecular formula is C19H17FN4O3S. The maximum absolute atomic E-state index is 14.5. The second-order valence-electron chi connectivity index (χ2n) is 6.42. The van der Waals surface area contributed by atoms with Gasteiger partial charge in [-0.15, -0.1) is 0 Å². The molecule has 144 valence electrons. The average Bonchev–Trinajstić information content (AvgIpc) is 3.12. The van der Waals surface area contributed by atoms with Crippen molar-refractivity contribution >= 4 is 26.8 Å². The number of sulfonamides is 1. The molecule has 3 aromatic rings. The van der Waals surface area contributed by atoms with E-state index in [2.05, 4.69) is 15.1 Å². The molecule has 1 atom stereocenters. The van der Waals surface area contributed by atoms with Crippen LogP contribution in [-0.2, 0) is 10.0 Å². The first kappa shape index (κ1) is 18.3. The fourth-order valence-electron chi connectivity index (χ4n) is 3.33. The molecule has 2 aromatic carbocycles. The van der Waals surface area contributed by atoms with Crippen molar-refractivity contribution in [2.24, 2.45) is 5.10 Å². The van der Waals surface area contributed by atoms with E-state index in [4.69, 9.17) is 4.74 Å². The highest BCUT2D eigenvalue weighted by atomic mass is 32.2. The molecule has 4 rings (SSSR count). The van der Waals surface area contributed by atoms with E-state index in [0.717, 1.165) is 10.7 Å². The standard InChI is InChI=1S/C19H17FN4O3S/c1-27-12-6-7-13(15(20)10-12)17-11-18(24(23-17)28(2,25)26)14-4-3-5-16-19(14)22-9-8-21-16/h3-10,18H,11H2,1-2H3/t18-/m1/s1. The number of hydrogen-bond donors (Lipinski definition) is 0. The number of hydrogen-bond acceptors (Lipinski definition) is 6. The Morgan fingerprint density at radius 2 is 1.96 bits per heavy atom. The lowest BCUT2D eigenvalue weighted by atomic mass is 9.97. The number of aromatic nitrogens is 2. The molecule has 0 aliphatic carbocycles. The van der Waals surface area contributed by atoms with Crippen molar-refractivity contribution in [2.45, 2.75) is 12.5 Å². The summed E-state index contributed by atoms with van der Waals surface area (Å²) in [4.78, 5) is 8.62. The summed E-state index contributed by atoms with van der Waals surface area (Å²) in [6.45, 7) is 0. The van der Waals surface area contributed by atoms with Gasteiger partial charge in [-0.2, -0.15) is 9.52 Å². The molecule has 0 spiro atoms. The number of ether oxygens (including phenoxy) is 1. The Balaban J connectivity index is 1.82. The number of hydrazone groups is 1. The van der Waals surface area contributed by atoms with Crippen LogP contribution in [-0.4, -0.2) is 41.9 Å². The third kappa shape index (κ3) is 3.18. The van der Waals surface area contributed by atoms with Crippen LogP contribution in [0.1, 0.15) is 23.6 Å². The van der Waals surface area contributed by atoms with Crippen LogP contribution in [0.3, 0.4) is 0 Å². The fourth-order valence-corrected chi connectivity index (χ4v) is 4.23. The molecule has 0 bridgehead atoms. The minimum atomic E-state index is -3.68. The van der Waals surface area contributed by atoms with Gasteiger partial charge in [-0.05, 0) is 18.2 Å². The lowest BCUT2D eigenvalue weighted by Crippen LogP contribution is -2.26. The summed E-state index contributed by atoms with van der Waals surface area (Å²) in [5.74, 6) is -0.148. The first-order valence-electron chi connectivity index (χ1n) is 8.49. The van der Waals surface area contributed by atoms with E-state index in [-0.39, 0.29) is 12.0 Å². The molecule has 0 N–H and O–H groups in total. The summed E-state index contributed by atoms with van der Waals surface area (Å²) in [6.07, 6.45) is 4.42. The Bertz CT molecular complexity index is 1190. The Morgan fingerprint density at radius 3 is 2.68 bits per heavy atom. The number of benzene rings is 2. The van der Waals surface area contributed by atoms with Crippen molar-refractivity contribution < 1.29 is 17.5 Å².